The standard InChI is InChI=1S/C11H15N3O4S2/c1-6-10(7(2)15)11(19-13-6)14-4-8(3-9(14)16)5-20(12,17)18/h8H,3-5H2,1-2H3,(H2,12,17,18). The van der Waals surface area contributed by atoms with Gasteiger partial charge in [0.15, 0.2) is 5.78 Å². The lowest BCUT2D eigenvalue weighted by Crippen LogP contribution is -2.27. The Labute approximate surface area is 121 Å². The second kappa shape index (κ2) is 5.23. The van der Waals surface area contributed by atoms with Gasteiger partial charge < -0.3 is 4.90 Å². The molecule has 9 heteroatoms. The molecule has 2 N–H and O–H groups in total. The predicted octanol–water partition coefficient (Wildman–Crippen LogP) is 0.296. The van der Waals surface area contributed by atoms with E-state index in [4.69, 9.17) is 5.14 Å². The fourth-order valence-corrected chi connectivity index (χ4v) is 4.22. The first-order valence-corrected chi connectivity index (χ1v) is 8.46. The Kier molecular flexibility index (Phi) is 3.94. The number of aryl methyl sites for hydroxylation is 1. The number of anilines is 1. The van der Waals surface area contributed by atoms with Crippen LogP contribution in [0.1, 0.15) is 29.4 Å². The summed E-state index contributed by atoms with van der Waals surface area (Å²) in [6, 6.07) is 0. The Morgan fingerprint density at radius 2 is 2.20 bits per heavy atom. The van der Waals surface area contributed by atoms with E-state index >= 15 is 0 Å². The zero-order valence-corrected chi connectivity index (χ0v) is 12.8. The summed E-state index contributed by atoms with van der Waals surface area (Å²) in [4.78, 5) is 25.1. The zero-order valence-electron chi connectivity index (χ0n) is 11.1. The number of nitrogens with two attached hydrogens (primary N) is 1. The van der Waals surface area contributed by atoms with Crippen molar-refractivity contribution in [3.63, 3.8) is 0 Å². The van der Waals surface area contributed by atoms with Crippen molar-refractivity contribution in [1.82, 2.24) is 4.37 Å². The smallest absolute Gasteiger partial charge is 0.228 e. The van der Waals surface area contributed by atoms with Crippen molar-refractivity contribution in [2.45, 2.75) is 20.3 Å². The Bertz CT molecular complexity index is 665. The molecular formula is C11H15N3O4S2. The molecule has 1 aromatic rings. The van der Waals surface area contributed by atoms with Crippen LogP contribution in [0.2, 0.25) is 0 Å². The molecule has 1 fully saturated rings. The monoisotopic (exact) mass is 317 g/mol. The minimum Gasteiger partial charge on any atom is -0.302 e. The second-order valence-electron chi connectivity index (χ2n) is 4.91. The van der Waals surface area contributed by atoms with Crippen molar-refractivity contribution in [2.75, 3.05) is 17.2 Å². The molecule has 1 saturated heterocycles. The average molecular weight is 317 g/mol. The van der Waals surface area contributed by atoms with Crippen LogP contribution in [0.25, 0.3) is 0 Å². The molecule has 2 rings (SSSR count). The number of ketones is 1. The Morgan fingerprint density at radius 3 is 2.75 bits per heavy atom. The van der Waals surface area contributed by atoms with Crippen LogP contribution in [-0.4, -0.2) is 36.8 Å². The molecule has 1 unspecified atom stereocenters. The number of rotatable bonds is 4. The van der Waals surface area contributed by atoms with E-state index in [2.05, 4.69) is 4.37 Å². The van der Waals surface area contributed by atoms with Crippen LogP contribution < -0.4 is 10.0 Å². The summed E-state index contributed by atoms with van der Waals surface area (Å²) in [6.07, 6.45) is 0.116. The van der Waals surface area contributed by atoms with Crippen LogP contribution in [0, 0.1) is 12.8 Å². The SMILES string of the molecule is CC(=O)c1c(C)nsc1N1CC(CS(N)(=O)=O)CC1=O. The number of primary sulfonamides is 1. The minimum absolute atomic E-state index is 0.116. The maximum absolute atomic E-state index is 12.0. The minimum atomic E-state index is -3.62. The van der Waals surface area contributed by atoms with Crippen LogP contribution in [0.4, 0.5) is 5.00 Å². The molecule has 0 radical (unpaired) electrons. The molecule has 1 aliphatic rings. The first-order valence-electron chi connectivity index (χ1n) is 5.97. The van der Waals surface area contributed by atoms with E-state index < -0.39 is 10.0 Å². The molecule has 0 spiro atoms. The van der Waals surface area contributed by atoms with Gasteiger partial charge in [-0.3, -0.25) is 9.59 Å². The molecule has 1 aromatic heterocycles. The highest BCUT2D eigenvalue weighted by atomic mass is 32.2. The van der Waals surface area contributed by atoms with Gasteiger partial charge in [0.2, 0.25) is 15.9 Å². The van der Waals surface area contributed by atoms with Crippen LogP contribution in [0.15, 0.2) is 0 Å². The van der Waals surface area contributed by atoms with Gasteiger partial charge in [0.25, 0.3) is 0 Å². The van der Waals surface area contributed by atoms with Crippen molar-refractivity contribution in [2.24, 2.45) is 11.1 Å². The summed E-state index contributed by atoms with van der Waals surface area (Å²) in [5.41, 5.74) is 1.01. The summed E-state index contributed by atoms with van der Waals surface area (Å²) < 4.78 is 26.3. The summed E-state index contributed by atoms with van der Waals surface area (Å²) in [5.74, 6) is -0.943. The molecule has 0 aliphatic carbocycles. The van der Waals surface area contributed by atoms with Gasteiger partial charge in [0, 0.05) is 18.9 Å². The molecule has 1 atom stereocenters. The molecular weight excluding hydrogens is 302 g/mol. The zero-order chi connectivity index (χ0) is 15.1. The lowest BCUT2D eigenvalue weighted by Gasteiger charge is -2.15. The van der Waals surface area contributed by atoms with Crippen molar-refractivity contribution in [1.29, 1.82) is 0 Å². The Balaban J connectivity index is 2.27. The fourth-order valence-electron chi connectivity index (χ4n) is 2.37. The molecule has 1 aliphatic heterocycles. The van der Waals surface area contributed by atoms with E-state index in [0.29, 0.717) is 16.3 Å². The number of hydrogen-bond acceptors (Lipinski definition) is 6. The first kappa shape index (κ1) is 15.1. The van der Waals surface area contributed by atoms with E-state index in [1.54, 1.807) is 6.92 Å². The quantitative estimate of drug-likeness (QED) is 0.803. The van der Waals surface area contributed by atoms with Gasteiger partial charge in [-0.15, -0.1) is 0 Å². The predicted molar refractivity (Wildman–Crippen MR) is 75.3 cm³/mol. The van der Waals surface area contributed by atoms with Crippen LogP contribution in [-0.2, 0) is 14.8 Å². The number of amides is 1. The third-order valence-corrected chi connectivity index (χ3v) is 5.01. The number of carbonyl (C=O) groups is 2. The molecule has 0 bridgehead atoms. The number of sulfonamides is 1. The summed E-state index contributed by atoms with van der Waals surface area (Å²) in [7, 11) is -3.62. The van der Waals surface area contributed by atoms with Gasteiger partial charge in [-0.05, 0) is 25.4 Å². The van der Waals surface area contributed by atoms with Crippen molar-refractivity contribution in [3.05, 3.63) is 11.3 Å². The van der Waals surface area contributed by atoms with E-state index in [9.17, 15) is 18.0 Å². The second-order valence-corrected chi connectivity index (χ2v) is 7.32. The number of Topliss-reactive ketones (excluding diaryl/α,β-unsaturated/α-hetero) is 1. The van der Waals surface area contributed by atoms with Crippen LogP contribution >= 0.6 is 11.5 Å². The molecule has 7 nitrogen and oxygen atoms in total. The normalized spacial score (nSPS) is 19.6. The van der Waals surface area contributed by atoms with Crippen LogP contribution in [0.3, 0.4) is 0 Å². The van der Waals surface area contributed by atoms with E-state index in [1.807, 2.05) is 0 Å². The summed E-state index contributed by atoms with van der Waals surface area (Å²) >= 11 is 1.08. The van der Waals surface area contributed by atoms with Crippen molar-refractivity contribution >= 4 is 38.2 Å². The van der Waals surface area contributed by atoms with Gasteiger partial charge in [0.05, 0.1) is 17.0 Å². The van der Waals surface area contributed by atoms with Gasteiger partial charge in [-0.25, -0.2) is 13.6 Å². The van der Waals surface area contributed by atoms with Crippen molar-refractivity contribution < 1.29 is 18.0 Å². The topological polar surface area (TPSA) is 110 Å². The highest BCUT2D eigenvalue weighted by molar-refractivity contribution is 7.89. The maximum Gasteiger partial charge on any atom is 0.228 e. The molecule has 0 saturated carbocycles. The molecule has 20 heavy (non-hydrogen) atoms. The van der Waals surface area contributed by atoms with Crippen LogP contribution in [0.5, 0.6) is 0 Å². The number of hydrogen-bond donors (Lipinski definition) is 1. The molecule has 110 valence electrons. The van der Waals surface area contributed by atoms with E-state index in [1.165, 1.54) is 11.8 Å². The Hall–Kier alpha value is -1.32. The highest BCUT2D eigenvalue weighted by Gasteiger charge is 2.35. The lowest BCUT2D eigenvalue weighted by atomic mass is 10.1. The summed E-state index contributed by atoms with van der Waals surface area (Å²) in [5, 5.41) is 5.50. The van der Waals surface area contributed by atoms with E-state index in [-0.39, 0.29) is 36.3 Å². The van der Waals surface area contributed by atoms with Gasteiger partial charge in [-0.2, -0.15) is 4.37 Å². The number of carbonyl (C=O) groups excluding carboxylic acids is 2. The lowest BCUT2D eigenvalue weighted by molar-refractivity contribution is -0.117. The first-order chi connectivity index (χ1) is 9.19. The van der Waals surface area contributed by atoms with Crippen molar-refractivity contribution in [3.8, 4) is 0 Å². The molecule has 0 aromatic carbocycles. The third kappa shape index (κ3) is 3.05. The largest absolute Gasteiger partial charge is 0.302 e. The molecule has 1 amide bonds. The van der Waals surface area contributed by atoms with Gasteiger partial charge >= 0.3 is 0 Å². The molecule has 2 heterocycles. The number of aromatic nitrogens is 1. The third-order valence-electron chi connectivity index (χ3n) is 3.12. The average Bonchev–Trinajstić information content (AvgIpc) is 2.79. The highest BCUT2D eigenvalue weighted by Crippen LogP contribution is 2.33. The maximum atomic E-state index is 12.0. The van der Waals surface area contributed by atoms with Gasteiger partial charge in [-0.1, -0.05) is 0 Å². The summed E-state index contributed by atoms with van der Waals surface area (Å²) in [6.45, 7) is 3.37. The van der Waals surface area contributed by atoms with Gasteiger partial charge in [0.1, 0.15) is 5.00 Å². The number of nitrogens with zero attached hydrogens (tertiary/aromatic N) is 2. The Morgan fingerprint density at radius 1 is 1.55 bits per heavy atom. The van der Waals surface area contributed by atoms with E-state index in [0.717, 1.165) is 11.5 Å². The fraction of sp³-hybridized carbons (Fsp3) is 0.545.